The lowest BCUT2D eigenvalue weighted by atomic mass is 9.98. The van der Waals surface area contributed by atoms with Crippen molar-refractivity contribution in [2.24, 2.45) is 0 Å². The van der Waals surface area contributed by atoms with Crippen LogP contribution in [0.4, 0.5) is 4.79 Å². The third-order valence-corrected chi connectivity index (χ3v) is 7.14. The highest BCUT2D eigenvalue weighted by Gasteiger charge is 2.52. The van der Waals surface area contributed by atoms with Crippen LogP contribution in [0.1, 0.15) is 43.7 Å². The van der Waals surface area contributed by atoms with Crippen LogP contribution in [0.2, 0.25) is 0 Å². The van der Waals surface area contributed by atoms with Gasteiger partial charge in [-0.1, -0.05) is 48.5 Å². The summed E-state index contributed by atoms with van der Waals surface area (Å²) in [7, 11) is 0. The molecule has 2 saturated heterocycles. The van der Waals surface area contributed by atoms with Crippen LogP contribution in [0.3, 0.4) is 0 Å². The van der Waals surface area contributed by atoms with Crippen molar-refractivity contribution in [2.45, 2.75) is 56.3 Å². The fraction of sp³-hybridized carbons (Fsp3) is 0.423. The number of fused-ring (bicyclic) bond motifs is 4. The summed E-state index contributed by atoms with van der Waals surface area (Å²) >= 11 is 0. The molecular formula is C26H28N2O6. The van der Waals surface area contributed by atoms with E-state index >= 15 is 0 Å². The third kappa shape index (κ3) is 3.72. The molecule has 0 radical (unpaired) electrons. The number of ether oxygens (including phenoxy) is 2. The van der Waals surface area contributed by atoms with Crippen LogP contribution in [0.15, 0.2) is 48.5 Å². The Morgan fingerprint density at radius 1 is 1.09 bits per heavy atom. The fourth-order valence-corrected chi connectivity index (χ4v) is 5.52. The van der Waals surface area contributed by atoms with Crippen LogP contribution >= 0.6 is 0 Å². The van der Waals surface area contributed by atoms with E-state index in [1.54, 1.807) is 13.8 Å². The van der Waals surface area contributed by atoms with Crippen molar-refractivity contribution in [2.75, 3.05) is 13.2 Å². The number of hydrogen-bond donors (Lipinski definition) is 2. The van der Waals surface area contributed by atoms with Crippen LogP contribution in [0.5, 0.6) is 0 Å². The van der Waals surface area contributed by atoms with Crippen molar-refractivity contribution in [3.8, 4) is 11.1 Å². The Kier molecular flexibility index (Phi) is 5.56. The molecule has 1 unspecified atom stereocenters. The molecule has 2 fully saturated rings. The average molecular weight is 465 g/mol. The minimum Gasteiger partial charge on any atom is -0.480 e. The molecular weight excluding hydrogens is 436 g/mol. The van der Waals surface area contributed by atoms with Crippen LogP contribution in [0.25, 0.3) is 11.1 Å². The van der Waals surface area contributed by atoms with E-state index in [2.05, 4.69) is 17.4 Å². The highest BCUT2D eigenvalue weighted by molar-refractivity contribution is 5.93. The zero-order valence-corrected chi connectivity index (χ0v) is 19.2. The largest absolute Gasteiger partial charge is 0.480 e. The summed E-state index contributed by atoms with van der Waals surface area (Å²) in [5.74, 6) is -1.61. The molecule has 8 nitrogen and oxygen atoms in total. The Morgan fingerprint density at radius 2 is 1.71 bits per heavy atom. The van der Waals surface area contributed by atoms with Gasteiger partial charge in [0.15, 0.2) is 0 Å². The van der Waals surface area contributed by atoms with Crippen molar-refractivity contribution in [3.05, 3.63) is 59.7 Å². The molecule has 2 aromatic rings. The predicted octanol–water partition coefficient (Wildman–Crippen LogP) is 3.15. The van der Waals surface area contributed by atoms with Gasteiger partial charge in [0.2, 0.25) is 5.91 Å². The molecule has 2 amide bonds. The number of nitrogens with one attached hydrogen (secondary N) is 1. The molecule has 2 heterocycles. The number of alkyl carbamates (subject to hydrolysis) is 1. The van der Waals surface area contributed by atoms with Crippen molar-refractivity contribution in [1.82, 2.24) is 10.2 Å². The summed E-state index contributed by atoms with van der Waals surface area (Å²) in [5.41, 5.74) is 3.11. The molecule has 178 valence electrons. The lowest BCUT2D eigenvalue weighted by Gasteiger charge is -2.35. The number of aliphatic carboxylic acids is 1. The van der Waals surface area contributed by atoms with Gasteiger partial charge in [-0.25, -0.2) is 9.59 Å². The van der Waals surface area contributed by atoms with Gasteiger partial charge >= 0.3 is 12.1 Å². The first kappa shape index (κ1) is 22.4. The minimum atomic E-state index is -1.34. The second-order valence-electron chi connectivity index (χ2n) is 9.64. The molecule has 2 aliphatic heterocycles. The van der Waals surface area contributed by atoms with Crippen LogP contribution in [-0.2, 0) is 19.1 Å². The minimum absolute atomic E-state index is 0.0941. The summed E-state index contributed by atoms with van der Waals surface area (Å²) in [4.78, 5) is 39.3. The van der Waals surface area contributed by atoms with Crippen LogP contribution in [0, 0.1) is 0 Å². The molecule has 1 aliphatic carbocycles. The summed E-state index contributed by atoms with van der Waals surface area (Å²) in [6.45, 7) is 3.76. The Labute approximate surface area is 197 Å². The van der Waals surface area contributed by atoms with E-state index in [4.69, 9.17) is 9.47 Å². The van der Waals surface area contributed by atoms with Crippen LogP contribution < -0.4 is 5.32 Å². The van der Waals surface area contributed by atoms with Gasteiger partial charge in [-0.15, -0.1) is 0 Å². The molecule has 0 bridgehead atoms. The van der Waals surface area contributed by atoms with E-state index in [-0.39, 0.29) is 31.1 Å². The summed E-state index contributed by atoms with van der Waals surface area (Å²) in [6.07, 6.45) is -0.158. The first-order valence-corrected chi connectivity index (χ1v) is 11.6. The van der Waals surface area contributed by atoms with Crippen molar-refractivity contribution < 1.29 is 29.0 Å². The molecule has 5 rings (SSSR count). The molecule has 0 spiro atoms. The van der Waals surface area contributed by atoms with E-state index in [0.717, 1.165) is 22.3 Å². The number of carboxylic acid groups (broad SMARTS) is 1. The number of likely N-dealkylation sites (tertiary alicyclic amines) is 1. The smallest absolute Gasteiger partial charge is 0.408 e. The van der Waals surface area contributed by atoms with E-state index in [9.17, 15) is 19.5 Å². The number of benzene rings is 2. The van der Waals surface area contributed by atoms with Crippen molar-refractivity contribution >= 4 is 18.0 Å². The maximum absolute atomic E-state index is 13.4. The molecule has 2 N–H and O–H groups in total. The van der Waals surface area contributed by atoms with E-state index in [1.165, 1.54) is 4.90 Å². The highest BCUT2D eigenvalue weighted by atomic mass is 16.5. The molecule has 34 heavy (non-hydrogen) atoms. The van der Waals surface area contributed by atoms with Gasteiger partial charge in [-0.2, -0.15) is 0 Å². The first-order valence-electron chi connectivity index (χ1n) is 11.6. The van der Waals surface area contributed by atoms with E-state index < -0.39 is 29.6 Å². The zero-order chi connectivity index (χ0) is 24.0. The molecule has 3 atom stereocenters. The maximum atomic E-state index is 13.4. The molecule has 0 aromatic heterocycles. The topological polar surface area (TPSA) is 105 Å². The van der Waals surface area contributed by atoms with Crippen LogP contribution in [-0.4, -0.2) is 64.9 Å². The van der Waals surface area contributed by atoms with Crippen molar-refractivity contribution in [1.29, 1.82) is 0 Å². The number of carbonyl (C=O) groups excluding carboxylic acids is 2. The third-order valence-electron chi connectivity index (χ3n) is 7.14. The van der Waals surface area contributed by atoms with Gasteiger partial charge in [0.1, 0.15) is 18.2 Å². The molecule has 3 aliphatic rings. The van der Waals surface area contributed by atoms with Crippen molar-refractivity contribution in [3.63, 3.8) is 0 Å². The standard InChI is InChI=1S/C26H28N2O6/c1-26(2,24(31)28-20-11-12-33-22(20)13-21(28)23(29)30)27-25(32)34-14-19-17-9-5-3-7-15(17)16-8-4-6-10-18(16)19/h3-10,19-22H,11-14H2,1-2H3,(H,27,32)(H,29,30)/t20-,21?,22-/m0/s1. The second kappa shape index (κ2) is 8.43. The zero-order valence-electron chi connectivity index (χ0n) is 19.2. The number of hydrogen-bond acceptors (Lipinski definition) is 5. The molecule has 0 saturated carbocycles. The number of carboxylic acids is 1. The van der Waals surface area contributed by atoms with Gasteiger partial charge < -0.3 is 24.8 Å². The molecule has 8 heteroatoms. The lowest BCUT2D eigenvalue weighted by molar-refractivity contribution is -0.152. The Hall–Kier alpha value is -3.39. The van der Waals surface area contributed by atoms with Gasteiger partial charge in [-0.05, 0) is 42.5 Å². The van der Waals surface area contributed by atoms with Gasteiger partial charge in [0.05, 0.1) is 12.1 Å². The highest BCUT2D eigenvalue weighted by Crippen LogP contribution is 2.44. The lowest BCUT2D eigenvalue weighted by Crippen LogP contribution is -2.60. The van der Waals surface area contributed by atoms with E-state index in [0.29, 0.717) is 13.0 Å². The number of carbonyl (C=O) groups is 3. The Morgan fingerprint density at radius 3 is 2.32 bits per heavy atom. The predicted molar refractivity (Wildman–Crippen MR) is 123 cm³/mol. The van der Waals surface area contributed by atoms with Gasteiger partial charge in [-0.3, -0.25) is 4.79 Å². The number of nitrogens with zero attached hydrogens (tertiary/aromatic N) is 1. The normalized spacial score (nSPS) is 23.2. The average Bonchev–Trinajstić information content (AvgIpc) is 3.48. The maximum Gasteiger partial charge on any atom is 0.408 e. The second-order valence-corrected chi connectivity index (χ2v) is 9.64. The quantitative estimate of drug-likeness (QED) is 0.704. The fourth-order valence-electron chi connectivity index (χ4n) is 5.52. The number of amides is 2. The van der Waals surface area contributed by atoms with Gasteiger partial charge in [0, 0.05) is 18.9 Å². The summed E-state index contributed by atoms with van der Waals surface area (Å²) in [5, 5.41) is 12.3. The Bertz CT molecular complexity index is 1100. The van der Waals surface area contributed by atoms with E-state index in [1.807, 2.05) is 36.4 Å². The summed E-state index contributed by atoms with van der Waals surface area (Å²) < 4.78 is 11.2. The number of rotatable bonds is 5. The summed E-state index contributed by atoms with van der Waals surface area (Å²) in [6, 6.07) is 14.8. The first-order chi connectivity index (χ1) is 16.3. The Balaban J connectivity index is 1.27. The van der Waals surface area contributed by atoms with Gasteiger partial charge in [0.25, 0.3) is 0 Å². The molecule has 2 aromatic carbocycles. The SMILES string of the molecule is CC(C)(NC(=O)OCC1c2ccccc2-c2ccccc21)C(=O)N1C(C(=O)O)C[C@@H]2OCC[C@@H]21. The monoisotopic (exact) mass is 464 g/mol.